The van der Waals surface area contributed by atoms with Crippen molar-refractivity contribution in [2.75, 3.05) is 7.05 Å². The maximum Gasteiger partial charge on any atom is 0.258 e. The number of aryl methyl sites for hydroxylation is 1. The van der Waals surface area contributed by atoms with Gasteiger partial charge in [-0.1, -0.05) is 29.8 Å². The number of para-hydroxylation sites is 1. The van der Waals surface area contributed by atoms with Crippen LogP contribution in [0.5, 0.6) is 0 Å². The lowest BCUT2D eigenvalue weighted by molar-refractivity contribution is -0.130. The van der Waals surface area contributed by atoms with Crippen molar-refractivity contribution in [3.05, 3.63) is 75.0 Å². The van der Waals surface area contributed by atoms with Gasteiger partial charge in [-0.05, 0) is 24.3 Å². The number of amides is 1. The van der Waals surface area contributed by atoms with Gasteiger partial charge in [0.15, 0.2) is 0 Å². The number of fused-ring (bicyclic) bond motifs is 1. The zero-order chi connectivity index (χ0) is 18.7. The summed E-state index contributed by atoms with van der Waals surface area (Å²) in [7, 11) is 1.58. The second kappa shape index (κ2) is 7.66. The molecular weight excluding hydrogens is 357 g/mol. The van der Waals surface area contributed by atoms with Gasteiger partial charge in [0.25, 0.3) is 5.56 Å². The second-order valence-corrected chi connectivity index (χ2v) is 6.39. The Morgan fingerprint density at radius 3 is 2.77 bits per heavy atom. The number of aromatic amines is 1. The number of rotatable bonds is 5. The zero-order valence-electron chi connectivity index (χ0n) is 14.1. The van der Waals surface area contributed by atoms with Crippen LogP contribution in [0.3, 0.4) is 0 Å². The van der Waals surface area contributed by atoms with E-state index in [1.807, 2.05) is 0 Å². The van der Waals surface area contributed by atoms with Crippen LogP contribution in [0.1, 0.15) is 17.8 Å². The van der Waals surface area contributed by atoms with E-state index >= 15 is 0 Å². The van der Waals surface area contributed by atoms with Gasteiger partial charge < -0.3 is 9.88 Å². The van der Waals surface area contributed by atoms with Crippen LogP contribution in [0.2, 0.25) is 5.02 Å². The minimum atomic E-state index is -0.447. The average molecular weight is 374 g/mol. The quantitative estimate of drug-likeness (QED) is 0.746. The molecule has 0 aliphatic rings. The number of nitrogens with one attached hydrogen (secondary N) is 1. The molecule has 0 unspecified atom stereocenters. The predicted octanol–water partition coefficient (Wildman–Crippen LogP) is 3.31. The Labute approximate surface area is 154 Å². The van der Waals surface area contributed by atoms with E-state index in [0.717, 1.165) is 0 Å². The van der Waals surface area contributed by atoms with E-state index in [1.165, 1.54) is 17.0 Å². The third-order valence-corrected chi connectivity index (χ3v) is 4.47. The first-order chi connectivity index (χ1) is 12.5. The molecule has 0 fully saturated rings. The SMILES string of the molecule is CN(Cc1c(F)cccc1Cl)C(=O)CCc1nc2ccccc2c(=O)[nH]1. The molecule has 134 valence electrons. The van der Waals surface area contributed by atoms with Crippen molar-refractivity contribution in [3.63, 3.8) is 0 Å². The molecule has 0 saturated heterocycles. The van der Waals surface area contributed by atoms with Gasteiger partial charge in [0.2, 0.25) is 5.91 Å². The van der Waals surface area contributed by atoms with Gasteiger partial charge in [0.1, 0.15) is 11.6 Å². The largest absolute Gasteiger partial charge is 0.341 e. The third kappa shape index (κ3) is 3.91. The van der Waals surface area contributed by atoms with E-state index in [2.05, 4.69) is 9.97 Å². The maximum atomic E-state index is 13.8. The normalized spacial score (nSPS) is 10.9. The van der Waals surface area contributed by atoms with Crippen LogP contribution in [0.25, 0.3) is 10.9 Å². The number of carbonyl (C=O) groups is 1. The van der Waals surface area contributed by atoms with Crippen LogP contribution in [0.4, 0.5) is 4.39 Å². The van der Waals surface area contributed by atoms with Crippen molar-refractivity contribution in [2.24, 2.45) is 0 Å². The third-order valence-electron chi connectivity index (χ3n) is 4.12. The Morgan fingerprint density at radius 1 is 1.23 bits per heavy atom. The van der Waals surface area contributed by atoms with Gasteiger partial charge in [-0.25, -0.2) is 9.37 Å². The lowest BCUT2D eigenvalue weighted by Gasteiger charge is -2.18. The topological polar surface area (TPSA) is 66.1 Å². The highest BCUT2D eigenvalue weighted by atomic mass is 35.5. The minimum absolute atomic E-state index is 0.0754. The number of H-pyrrole nitrogens is 1. The summed E-state index contributed by atoms with van der Waals surface area (Å²) in [5, 5.41) is 0.791. The summed E-state index contributed by atoms with van der Waals surface area (Å²) in [6, 6.07) is 11.4. The molecule has 0 radical (unpaired) electrons. The molecule has 26 heavy (non-hydrogen) atoms. The Morgan fingerprint density at radius 2 is 2.00 bits per heavy atom. The van der Waals surface area contributed by atoms with Gasteiger partial charge >= 0.3 is 0 Å². The average Bonchev–Trinajstić information content (AvgIpc) is 2.62. The molecule has 5 nitrogen and oxygen atoms in total. The van der Waals surface area contributed by atoms with Crippen LogP contribution in [0, 0.1) is 5.82 Å². The molecule has 1 heterocycles. The standard InChI is InChI=1S/C19H17ClFN3O2/c1-24(11-13-14(20)6-4-7-15(13)21)18(25)10-9-17-22-16-8-3-2-5-12(16)19(26)23-17/h2-8H,9-11H2,1H3,(H,22,23,26). The Hall–Kier alpha value is -2.73. The van der Waals surface area contributed by atoms with Crippen LogP contribution in [-0.2, 0) is 17.8 Å². The Balaban J connectivity index is 1.68. The fourth-order valence-corrected chi connectivity index (χ4v) is 2.90. The van der Waals surface area contributed by atoms with Gasteiger partial charge in [0, 0.05) is 37.0 Å². The maximum absolute atomic E-state index is 13.8. The smallest absolute Gasteiger partial charge is 0.258 e. The van der Waals surface area contributed by atoms with Gasteiger partial charge in [-0.15, -0.1) is 0 Å². The molecule has 1 N–H and O–H groups in total. The van der Waals surface area contributed by atoms with Crippen molar-refractivity contribution in [3.8, 4) is 0 Å². The van der Waals surface area contributed by atoms with Crippen molar-refractivity contribution >= 4 is 28.4 Å². The molecule has 2 aromatic carbocycles. The zero-order valence-corrected chi connectivity index (χ0v) is 14.9. The van der Waals surface area contributed by atoms with E-state index < -0.39 is 5.82 Å². The fraction of sp³-hybridized carbons (Fsp3) is 0.211. The first-order valence-electron chi connectivity index (χ1n) is 8.10. The molecule has 0 aliphatic carbocycles. The highest BCUT2D eigenvalue weighted by Gasteiger charge is 2.15. The monoisotopic (exact) mass is 373 g/mol. The van der Waals surface area contributed by atoms with Crippen molar-refractivity contribution in [1.82, 2.24) is 14.9 Å². The summed E-state index contributed by atoms with van der Waals surface area (Å²) in [5.74, 6) is -0.197. The number of carbonyl (C=O) groups excluding carboxylic acids is 1. The number of hydrogen-bond acceptors (Lipinski definition) is 3. The van der Waals surface area contributed by atoms with E-state index in [-0.39, 0.29) is 41.4 Å². The van der Waals surface area contributed by atoms with Crippen LogP contribution < -0.4 is 5.56 Å². The van der Waals surface area contributed by atoms with Crippen molar-refractivity contribution < 1.29 is 9.18 Å². The summed E-state index contributed by atoms with van der Waals surface area (Å²) in [6.45, 7) is 0.0754. The first kappa shape index (κ1) is 18.1. The Bertz CT molecular complexity index is 999. The van der Waals surface area contributed by atoms with E-state index in [0.29, 0.717) is 16.7 Å². The van der Waals surface area contributed by atoms with Gasteiger partial charge in [-0.2, -0.15) is 0 Å². The minimum Gasteiger partial charge on any atom is -0.341 e. The lowest BCUT2D eigenvalue weighted by atomic mass is 10.2. The number of hydrogen-bond donors (Lipinski definition) is 1. The lowest BCUT2D eigenvalue weighted by Crippen LogP contribution is -2.27. The van der Waals surface area contributed by atoms with Gasteiger partial charge in [-0.3, -0.25) is 9.59 Å². The van der Waals surface area contributed by atoms with Crippen LogP contribution >= 0.6 is 11.6 Å². The van der Waals surface area contributed by atoms with Crippen molar-refractivity contribution in [1.29, 1.82) is 0 Å². The summed E-state index contributed by atoms with van der Waals surface area (Å²) < 4.78 is 13.8. The molecular formula is C19H17ClFN3O2. The molecule has 0 saturated carbocycles. The molecule has 1 amide bonds. The van der Waals surface area contributed by atoms with Crippen LogP contribution in [0.15, 0.2) is 47.3 Å². The molecule has 3 aromatic rings. The number of benzene rings is 2. The number of halogens is 2. The summed E-state index contributed by atoms with van der Waals surface area (Å²) in [6.07, 6.45) is 0.429. The molecule has 1 aromatic heterocycles. The van der Waals surface area contributed by atoms with Crippen LogP contribution in [-0.4, -0.2) is 27.8 Å². The van der Waals surface area contributed by atoms with E-state index in [4.69, 9.17) is 11.6 Å². The molecule has 0 aliphatic heterocycles. The van der Waals surface area contributed by atoms with Crippen molar-refractivity contribution in [2.45, 2.75) is 19.4 Å². The molecule has 3 rings (SSSR count). The summed E-state index contributed by atoms with van der Waals surface area (Å²) in [5.41, 5.74) is 0.636. The van der Waals surface area contributed by atoms with Gasteiger partial charge in [0.05, 0.1) is 10.9 Å². The highest BCUT2D eigenvalue weighted by molar-refractivity contribution is 6.31. The second-order valence-electron chi connectivity index (χ2n) is 5.98. The highest BCUT2D eigenvalue weighted by Crippen LogP contribution is 2.20. The first-order valence-corrected chi connectivity index (χ1v) is 8.48. The van der Waals surface area contributed by atoms with E-state index in [9.17, 15) is 14.0 Å². The summed E-state index contributed by atoms with van der Waals surface area (Å²) >= 11 is 6.00. The predicted molar refractivity (Wildman–Crippen MR) is 98.6 cm³/mol. The summed E-state index contributed by atoms with van der Waals surface area (Å²) in [4.78, 5) is 32.9. The fourth-order valence-electron chi connectivity index (χ4n) is 2.68. The number of nitrogens with zero attached hydrogens (tertiary/aromatic N) is 2. The number of aromatic nitrogens is 2. The molecule has 0 spiro atoms. The molecule has 0 atom stereocenters. The molecule has 0 bridgehead atoms. The van der Waals surface area contributed by atoms with E-state index in [1.54, 1.807) is 37.4 Å². The molecule has 7 heteroatoms. The Kier molecular flexibility index (Phi) is 5.32.